The minimum atomic E-state index is 0.0236. The summed E-state index contributed by atoms with van der Waals surface area (Å²) >= 11 is 1.56. The smallest absolute Gasteiger partial charge is 0.143 e. The van der Waals surface area contributed by atoms with Crippen LogP contribution < -0.4 is 0 Å². The molecule has 16 heavy (non-hydrogen) atoms. The van der Waals surface area contributed by atoms with Gasteiger partial charge in [-0.2, -0.15) is 0 Å². The van der Waals surface area contributed by atoms with E-state index < -0.39 is 0 Å². The molecule has 0 spiro atoms. The second-order valence-corrected chi connectivity index (χ2v) is 7.08. The van der Waals surface area contributed by atoms with E-state index in [9.17, 15) is 0 Å². The van der Waals surface area contributed by atoms with E-state index in [2.05, 4.69) is 31.0 Å². The first-order valence-corrected chi connectivity index (χ1v) is 6.73. The average Bonchev–Trinajstić information content (AvgIpc) is 2.56. The third kappa shape index (κ3) is 2.80. The van der Waals surface area contributed by atoms with Crippen molar-refractivity contribution in [1.29, 1.82) is 0 Å². The molecule has 90 valence electrons. The molecular weight excluding hydrogens is 220 g/mol. The number of rotatable bonds is 3. The van der Waals surface area contributed by atoms with E-state index in [-0.39, 0.29) is 6.61 Å². The highest BCUT2D eigenvalue weighted by atomic mass is 32.1. The highest BCUT2D eigenvalue weighted by Gasteiger charge is 2.34. The van der Waals surface area contributed by atoms with Gasteiger partial charge in [-0.1, -0.05) is 32.1 Å². The summed E-state index contributed by atoms with van der Waals surface area (Å²) in [6.45, 7) is 6.93. The first kappa shape index (κ1) is 12.0. The number of aliphatic hydroxyl groups excluding tert-OH is 1. The van der Waals surface area contributed by atoms with Crippen molar-refractivity contribution < 1.29 is 5.11 Å². The van der Waals surface area contributed by atoms with E-state index >= 15 is 0 Å². The van der Waals surface area contributed by atoms with Crippen molar-refractivity contribution >= 4 is 11.3 Å². The Hall–Kier alpha value is -0.480. The van der Waals surface area contributed by atoms with Crippen LogP contribution in [0.4, 0.5) is 0 Å². The van der Waals surface area contributed by atoms with Gasteiger partial charge in [-0.3, -0.25) is 0 Å². The Morgan fingerprint density at radius 1 is 1.31 bits per heavy atom. The van der Waals surface area contributed by atoms with Crippen molar-refractivity contribution in [2.45, 2.75) is 52.6 Å². The summed E-state index contributed by atoms with van der Waals surface area (Å²) in [5.41, 5.74) is 0.438. The third-order valence-corrected chi connectivity index (χ3v) is 4.17. The van der Waals surface area contributed by atoms with Gasteiger partial charge in [0.25, 0.3) is 0 Å². The fourth-order valence-corrected chi connectivity index (χ4v) is 3.29. The highest BCUT2D eigenvalue weighted by molar-refractivity contribution is 7.11. The summed E-state index contributed by atoms with van der Waals surface area (Å²) in [5, 5.41) is 18.9. The van der Waals surface area contributed by atoms with Crippen molar-refractivity contribution in [3.05, 3.63) is 10.0 Å². The first-order valence-electron chi connectivity index (χ1n) is 5.91. The number of aliphatic hydroxyl groups is 1. The van der Waals surface area contributed by atoms with Gasteiger partial charge in [0.05, 0.1) is 6.61 Å². The predicted molar refractivity (Wildman–Crippen MR) is 65.4 cm³/mol. The summed E-state index contributed by atoms with van der Waals surface area (Å²) in [6, 6.07) is 0. The Morgan fingerprint density at radius 3 is 2.50 bits per heavy atom. The van der Waals surface area contributed by atoms with E-state index in [4.69, 9.17) is 5.11 Å². The van der Waals surface area contributed by atoms with Gasteiger partial charge in [-0.25, -0.2) is 0 Å². The molecule has 0 saturated heterocycles. The molecule has 0 aliphatic heterocycles. The zero-order chi connectivity index (χ0) is 11.8. The fourth-order valence-electron chi connectivity index (χ4n) is 2.47. The standard InChI is InChI=1S/C12H20N2OS/c1-12(2,3)6-8-4-9(5-8)11-14-13-10(7-15)16-11/h8-9,15H,4-7H2,1-3H3. The van der Waals surface area contributed by atoms with E-state index in [0.717, 1.165) is 15.9 Å². The minimum absolute atomic E-state index is 0.0236. The van der Waals surface area contributed by atoms with Crippen LogP contribution in [0.15, 0.2) is 0 Å². The molecule has 0 atom stereocenters. The van der Waals surface area contributed by atoms with Crippen LogP contribution in [0.1, 0.15) is 56.0 Å². The van der Waals surface area contributed by atoms with Crippen LogP contribution in [-0.4, -0.2) is 15.3 Å². The summed E-state index contributed by atoms with van der Waals surface area (Å²) in [4.78, 5) is 0. The number of hydrogen-bond donors (Lipinski definition) is 1. The molecule has 1 aromatic rings. The molecule has 1 aliphatic carbocycles. The molecule has 1 aromatic heterocycles. The number of hydrogen-bond acceptors (Lipinski definition) is 4. The summed E-state index contributed by atoms with van der Waals surface area (Å²) in [5.74, 6) is 1.46. The molecule has 0 amide bonds. The molecule has 0 unspecified atom stereocenters. The normalized spacial score (nSPS) is 25.5. The lowest BCUT2D eigenvalue weighted by Crippen LogP contribution is -2.26. The lowest BCUT2D eigenvalue weighted by atomic mass is 9.68. The van der Waals surface area contributed by atoms with Gasteiger partial charge in [-0.05, 0) is 30.6 Å². The van der Waals surface area contributed by atoms with Crippen LogP contribution in [0.25, 0.3) is 0 Å². The largest absolute Gasteiger partial charge is 0.389 e. The molecular formula is C12H20N2OS. The SMILES string of the molecule is CC(C)(C)CC1CC(c2nnc(CO)s2)C1. The quantitative estimate of drug-likeness (QED) is 0.883. The number of nitrogens with zero attached hydrogens (tertiary/aromatic N) is 2. The molecule has 4 heteroatoms. The molecule has 1 saturated carbocycles. The average molecular weight is 240 g/mol. The van der Waals surface area contributed by atoms with Crippen LogP contribution in [0.3, 0.4) is 0 Å². The van der Waals surface area contributed by atoms with Gasteiger partial charge < -0.3 is 5.11 Å². The van der Waals surface area contributed by atoms with Gasteiger partial charge in [0.1, 0.15) is 10.0 Å². The van der Waals surface area contributed by atoms with E-state index in [1.165, 1.54) is 19.3 Å². The molecule has 1 N–H and O–H groups in total. The van der Waals surface area contributed by atoms with Gasteiger partial charge in [0.2, 0.25) is 0 Å². The van der Waals surface area contributed by atoms with Gasteiger partial charge in [-0.15, -0.1) is 10.2 Å². The van der Waals surface area contributed by atoms with E-state index in [1.807, 2.05) is 0 Å². The molecule has 3 nitrogen and oxygen atoms in total. The van der Waals surface area contributed by atoms with Gasteiger partial charge >= 0.3 is 0 Å². The van der Waals surface area contributed by atoms with Crippen LogP contribution in [0.2, 0.25) is 0 Å². The van der Waals surface area contributed by atoms with Crippen molar-refractivity contribution in [3.63, 3.8) is 0 Å². The lowest BCUT2D eigenvalue weighted by molar-refractivity contribution is 0.179. The van der Waals surface area contributed by atoms with Crippen LogP contribution in [-0.2, 0) is 6.61 Å². The molecule has 1 heterocycles. The van der Waals surface area contributed by atoms with E-state index in [0.29, 0.717) is 11.3 Å². The fraction of sp³-hybridized carbons (Fsp3) is 0.833. The summed E-state index contributed by atoms with van der Waals surface area (Å²) in [7, 11) is 0. The summed E-state index contributed by atoms with van der Waals surface area (Å²) in [6.07, 6.45) is 3.80. The third-order valence-electron chi connectivity index (χ3n) is 3.10. The van der Waals surface area contributed by atoms with Crippen molar-refractivity contribution in [1.82, 2.24) is 10.2 Å². The molecule has 0 bridgehead atoms. The van der Waals surface area contributed by atoms with Crippen LogP contribution in [0, 0.1) is 11.3 Å². The Bertz CT molecular complexity index is 350. The zero-order valence-corrected chi connectivity index (χ0v) is 11.0. The topological polar surface area (TPSA) is 46.0 Å². The minimum Gasteiger partial charge on any atom is -0.389 e. The second kappa shape index (κ2) is 4.41. The van der Waals surface area contributed by atoms with Crippen LogP contribution in [0.5, 0.6) is 0 Å². The van der Waals surface area contributed by atoms with E-state index in [1.54, 1.807) is 11.3 Å². The Kier molecular flexibility index (Phi) is 3.31. The van der Waals surface area contributed by atoms with Crippen molar-refractivity contribution in [2.24, 2.45) is 11.3 Å². The van der Waals surface area contributed by atoms with Crippen LogP contribution >= 0.6 is 11.3 Å². The predicted octanol–water partition coefficient (Wildman–Crippen LogP) is 2.96. The summed E-state index contributed by atoms with van der Waals surface area (Å²) < 4.78 is 0. The Balaban J connectivity index is 1.84. The molecule has 1 fully saturated rings. The molecule has 2 rings (SSSR count). The maximum atomic E-state index is 8.94. The molecule has 0 aromatic carbocycles. The zero-order valence-electron chi connectivity index (χ0n) is 10.2. The maximum Gasteiger partial charge on any atom is 0.143 e. The molecule has 0 radical (unpaired) electrons. The van der Waals surface area contributed by atoms with Crippen molar-refractivity contribution in [2.75, 3.05) is 0 Å². The van der Waals surface area contributed by atoms with Gasteiger partial charge in [0.15, 0.2) is 0 Å². The monoisotopic (exact) mass is 240 g/mol. The maximum absolute atomic E-state index is 8.94. The second-order valence-electron chi connectivity index (χ2n) is 5.99. The van der Waals surface area contributed by atoms with Gasteiger partial charge in [0, 0.05) is 5.92 Å². The first-order chi connectivity index (χ1) is 7.48. The number of aromatic nitrogens is 2. The lowest BCUT2D eigenvalue weighted by Gasteiger charge is -2.37. The highest BCUT2D eigenvalue weighted by Crippen LogP contribution is 2.47. The molecule has 1 aliphatic rings. The Labute approximate surface area is 101 Å². The van der Waals surface area contributed by atoms with Crippen molar-refractivity contribution in [3.8, 4) is 0 Å². The Morgan fingerprint density at radius 2 is 2.00 bits per heavy atom.